The Kier molecular flexibility index (Phi) is 6.01. The Labute approximate surface area is 177 Å². The smallest absolute Gasteiger partial charge is 0.421 e. The molecule has 3 heterocycles. The van der Waals surface area contributed by atoms with Gasteiger partial charge in [-0.05, 0) is 50.2 Å². The molecule has 30 heavy (non-hydrogen) atoms. The van der Waals surface area contributed by atoms with E-state index in [4.69, 9.17) is 16.3 Å². The van der Waals surface area contributed by atoms with Crippen LogP contribution in [0.3, 0.4) is 0 Å². The summed E-state index contributed by atoms with van der Waals surface area (Å²) in [7, 11) is 0. The lowest BCUT2D eigenvalue weighted by Gasteiger charge is -2.31. The monoisotopic (exact) mass is 433 g/mol. The molecular weight excluding hydrogens is 414 g/mol. The molecule has 4 rings (SSSR count). The summed E-state index contributed by atoms with van der Waals surface area (Å²) in [5.41, 5.74) is 0.889. The van der Waals surface area contributed by atoms with E-state index >= 15 is 0 Å². The molecule has 0 unspecified atom stereocenters. The molecule has 0 bridgehead atoms. The molecule has 158 valence electrons. The number of Topliss-reactive ketones (excluding diaryl/α,β-unsaturated/α-hetero) is 1. The first-order chi connectivity index (χ1) is 14.5. The Morgan fingerprint density at radius 2 is 1.77 bits per heavy atom. The molecule has 0 aliphatic carbocycles. The lowest BCUT2D eigenvalue weighted by molar-refractivity contribution is -0.160. The van der Waals surface area contributed by atoms with E-state index < -0.39 is 18.2 Å². The van der Waals surface area contributed by atoms with E-state index in [-0.39, 0.29) is 11.7 Å². The van der Waals surface area contributed by atoms with Crippen LogP contribution in [0.1, 0.15) is 12.8 Å². The molecule has 0 spiro atoms. The summed E-state index contributed by atoms with van der Waals surface area (Å²) in [4.78, 5) is 36.6. The number of carbonyl (C=O) groups excluding carboxylic acids is 3. The number of ether oxygens (including phenoxy) is 3. The van der Waals surface area contributed by atoms with E-state index in [2.05, 4.69) is 19.5 Å². The van der Waals surface area contributed by atoms with Crippen LogP contribution in [0.25, 0.3) is 5.69 Å². The van der Waals surface area contributed by atoms with Crippen molar-refractivity contribution in [3.05, 3.63) is 41.6 Å². The number of aromatic nitrogens is 2. The third kappa shape index (κ3) is 4.63. The van der Waals surface area contributed by atoms with Crippen molar-refractivity contribution in [1.29, 1.82) is 0 Å². The van der Waals surface area contributed by atoms with Gasteiger partial charge in [0, 0.05) is 29.7 Å². The number of rotatable bonds is 7. The first kappa shape index (κ1) is 20.4. The fraction of sp³-hybridized carbons (Fsp3) is 0.400. The number of carbonyl (C=O) groups is 3. The predicted octanol–water partition coefficient (Wildman–Crippen LogP) is 1.61. The van der Waals surface area contributed by atoms with Gasteiger partial charge >= 0.3 is 18.2 Å². The first-order valence-corrected chi connectivity index (χ1v) is 9.99. The Hall–Kier alpha value is -2.91. The molecule has 0 saturated carbocycles. The third-order valence-electron chi connectivity index (χ3n) is 5.13. The van der Waals surface area contributed by atoms with Crippen molar-refractivity contribution in [1.82, 2.24) is 14.7 Å². The number of ketones is 1. The minimum atomic E-state index is -1.39. The van der Waals surface area contributed by atoms with Gasteiger partial charge in [-0.15, -0.1) is 5.10 Å². The number of esters is 2. The lowest BCUT2D eigenvalue weighted by Crippen LogP contribution is -2.41. The van der Waals surface area contributed by atoms with Gasteiger partial charge in [-0.2, -0.15) is 0 Å². The van der Waals surface area contributed by atoms with Crippen LogP contribution in [0, 0.1) is 5.92 Å². The number of hydrogen-bond acceptors (Lipinski definition) is 8. The van der Waals surface area contributed by atoms with E-state index in [1.54, 1.807) is 22.9 Å². The minimum absolute atomic E-state index is 0.291. The number of halogens is 1. The van der Waals surface area contributed by atoms with Gasteiger partial charge in [-0.1, -0.05) is 11.6 Å². The van der Waals surface area contributed by atoms with Crippen molar-refractivity contribution in [2.75, 3.05) is 26.2 Å². The highest BCUT2D eigenvalue weighted by Crippen LogP contribution is 2.23. The topological polar surface area (TPSA) is 100.0 Å². The number of hydrogen-bond donors (Lipinski definition) is 0. The molecule has 0 atom stereocenters. The second kappa shape index (κ2) is 8.85. The predicted molar refractivity (Wildman–Crippen MR) is 104 cm³/mol. The lowest BCUT2D eigenvalue weighted by atomic mass is 9.92. The summed E-state index contributed by atoms with van der Waals surface area (Å²) in [5.74, 6) is -2.33. The number of nitrogens with zero attached hydrogens (tertiary/aromatic N) is 3. The van der Waals surface area contributed by atoms with Crippen LogP contribution in [-0.4, -0.2) is 64.9 Å². The average molecular weight is 434 g/mol. The van der Waals surface area contributed by atoms with Crippen molar-refractivity contribution < 1.29 is 28.6 Å². The number of benzene rings is 1. The van der Waals surface area contributed by atoms with Crippen LogP contribution in [0.15, 0.2) is 36.5 Å². The highest BCUT2D eigenvalue weighted by molar-refractivity contribution is 6.32. The molecule has 10 heteroatoms. The maximum atomic E-state index is 12.3. The van der Waals surface area contributed by atoms with Gasteiger partial charge in [0.15, 0.2) is 0 Å². The summed E-state index contributed by atoms with van der Waals surface area (Å²) in [6.07, 6.45) is 1.64. The van der Waals surface area contributed by atoms with Gasteiger partial charge in [-0.3, -0.25) is 9.69 Å². The standard InChI is InChI=1S/C20H20ClN3O6/c21-14-1-3-15(4-2-14)24-10-7-16(22-24)28-12-11-23-8-5-13(6-9-23)17(25)20-29-18(26)19(27)30-20/h1-4,7,10,13,20H,5-6,8-9,11-12H2. The Morgan fingerprint density at radius 1 is 1.10 bits per heavy atom. The number of cyclic esters (lactones) is 2. The molecule has 1 aromatic heterocycles. The molecule has 2 saturated heterocycles. The van der Waals surface area contributed by atoms with Gasteiger partial charge in [0.2, 0.25) is 11.7 Å². The maximum Gasteiger partial charge on any atom is 0.421 e. The highest BCUT2D eigenvalue weighted by Gasteiger charge is 2.42. The molecule has 1 aromatic carbocycles. The van der Waals surface area contributed by atoms with Crippen molar-refractivity contribution in [2.45, 2.75) is 19.1 Å². The Bertz CT molecular complexity index is 920. The van der Waals surface area contributed by atoms with Gasteiger partial charge in [-0.25, -0.2) is 14.3 Å². The van der Waals surface area contributed by atoms with Crippen LogP contribution in [0.2, 0.25) is 5.02 Å². The van der Waals surface area contributed by atoms with Gasteiger partial charge in [0.1, 0.15) is 6.61 Å². The second-order valence-electron chi connectivity index (χ2n) is 7.08. The van der Waals surface area contributed by atoms with E-state index in [0.29, 0.717) is 50.0 Å². The molecule has 0 N–H and O–H groups in total. The van der Waals surface area contributed by atoms with Crippen molar-refractivity contribution in [2.24, 2.45) is 5.92 Å². The van der Waals surface area contributed by atoms with E-state index in [0.717, 1.165) is 5.69 Å². The summed E-state index contributed by atoms with van der Waals surface area (Å²) < 4.78 is 16.8. The SMILES string of the molecule is O=C1OC(C(=O)C2CCN(CCOc3ccn(-c4ccc(Cl)cc4)n3)CC2)OC1=O. The van der Waals surface area contributed by atoms with E-state index in [1.165, 1.54) is 0 Å². The zero-order valence-corrected chi connectivity index (χ0v) is 16.8. The quantitative estimate of drug-likeness (QED) is 0.479. The van der Waals surface area contributed by atoms with Crippen molar-refractivity contribution >= 4 is 29.3 Å². The molecule has 0 amide bonds. The summed E-state index contributed by atoms with van der Waals surface area (Å²) >= 11 is 5.90. The van der Waals surface area contributed by atoms with Crippen molar-refractivity contribution in [3.8, 4) is 11.6 Å². The van der Waals surface area contributed by atoms with E-state index in [9.17, 15) is 14.4 Å². The Morgan fingerprint density at radius 3 is 2.43 bits per heavy atom. The van der Waals surface area contributed by atoms with Crippen LogP contribution < -0.4 is 4.74 Å². The largest absolute Gasteiger partial charge is 0.475 e. The number of likely N-dealkylation sites (tertiary alicyclic amines) is 1. The minimum Gasteiger partial charge on any atom is -0.475 e. The highest BCUT2D eigenvalue weighted by atomic mass is 35.5. The molecule has 2 fully saturated rings. The van der Waals surface area contributed by atoms with Gasteiger partial charge in [0.05, 0.1) is 5.69 Å². The average Bonchev–Trinajstić information content (AvgIpc) is 3.35. The van der Waals surface area contributed by atoms with E-state index in [1.807, 2.05) is 18.3 Å². The normalized spacial score (nSPS) is 18.3. The zero-order chi connectivity index (χ0) is 21.1. The molecule has 2 aliphatic rings. The fourth-order valence-corrected chi connectivity index (χ4v) is 3.59. The molecule has 9 nitrogen and oxygen atoms in total. The zero-order valence-electron chi connectivity index (χ0n) is 16.0. The van der Waals surface area contributed by atoms with Gasteiger partial charge < -0.3 is 14.2 Å². The van der Waals surface area contributed by atoms with Crippen LogP contribution in [-0.2, 0) is 23.9 Å². The van der Waals surface area contributed by atoms with Crippen LogP contribution in [0.4, 0.5) is 0 Å². The summed E-state index contributed by atoms with van der Waals surface area (Å²) in [6.45, 7) is 2.57. The number of piperidine rings is 1. The maximum absolute atomic E-state index is 12.3. The Balaban J connectivity index is 1.19. The first-order valence-electron chi connectivity index (χ1n) is 9.62. The van der Waals surface area contributed by atoms with Crippen molar-refractivity contribution in [3.63, 3.8) is 0 Å². The summed E-state index contributed by atoms with van der Waals surface area (Å²) in [6, 6.07) is 9.14. The van der Waals surface area contributed by atoms with Crippen LogP contribution >= 0.6 is 11.6 Å². The molecule has 0 radical (unpaired) electrons. The molecule has 2 aliphatic heterocycles. The third-order valence-corrected chi connectivity index (χ3v) is 5.38. The fourth-order valence-electron chi connectivity index (χ4n) is 3.47. The second-order valence-corrected chi connectivity index (χ2v) is 7.52. The van der Waals surface area contributed by atoms with Gasteiger partial charge in [0.25, 0.3) is 0 Å². The molecular formula is C20H20ClN3O6. The summed E-state index contributed by atoms with van der Waals surface area (Å²) in [5, 5.41) is 5.05. The molecule has 2 aromatic rings. The van der Waals surface area contributed by atoms with Crippen LogP contribution in [0.5, 0.6) is 5.88 Å².